The monoisotopic (exact) mass is 313 g/mol. The van der Waals surface area contributed by atoms with E-state index < -0.39 is 10.0 Å². The molecule has 0 bridgehead atoms. The number of carbonyl (C=O) groups excluding carboxylic acids is 1. The van der Waals surface area contributed by atoms with Crippen LogP contribution in [0.4, 0.5) is 0 Å². The van der Waals surface area contributed by atoms with Crippen molar-refractivity contribution in [1.29, 1.82) is 0 Å². The molecular formula is C14H23N3O3S. The fourth-order valence-corrected chi connectivity index (χ4v) is 3.16. The molecule has 0 aliphatic heterocycles. The molecule has 1 aliphatic carbocycles. The van der Waals surface area contributed by atoms with Gasteiger partial charge in [-0.05, 0) is 31.2 Å². The smallest absolute Gasteiger partial charge is 0.268 e. The number of hydrogen-bond acceptors (Lipinski definition) is 3. The maximum Gasteiger partial charge on any atom is 0.268 e. The van der Waals surface area contributed by atoms with Crippen molar-refractivity contribution in [2.24, 2.45) is 11.1 Å². The van der Waals surface area contributed by atoms with E-state index in [4.69, 9.17) is 5.14 Å². The van der Waals surface area contributed by atoms with Crippen molar-refractivity contribution in [3.05, 3.63) is 18.0 Å². The van der Waals surface area contributed by atoms with Gasteiger partial charge in [0.1, 0.15) is 10.6 Å². The van der Waals surface area contributed by atoms with Crippen molar-refractivity contribution in [1.82, 2.24) is 9.88 Å². The molecule has 2 rings (SSSR count). The molecule has 0 saturated heterocycles. The average molecular weight is 313 g/mol. The van der Waals surface area contributed by atoms with Crippen LogP contribution in [0.2, 0.25) is 0 Å². The second-order valence-electron chi connectivity index (χ2n) is 5.66. The number of rotatable bonds is 7. The predicted molar refractivity (Wildman–Crippen MR) is 80.4 cm³/mol. The highest BCUT2D eigenvalue weighted by molar-refractivity contribution is 7.89. The quantitative estimate of drug-likeness (QED) is 0.798. The van der Waals surface area contributed by atoms with Crippen molar-refractivity contribution in [2.45, 2.75) is 57.0 Å². The number of aromatic nitrogens is 1. The normalized spacial score (nSPS) is 21.3. The fraction of sp³-hybridized carbons (Fsp3) is 0.643. The molecule has 0 radical (unpaired) electrons. The van der Waals surface area contributed by atoms with Crippen molar-refractivity contribution >= 4 is 15.9 Å². The zero-order valence-corrected chi connectivity index (χ0v) is 13.3. The number of nitrogens with zero attached hydrogens (tertiary/aromatic N) is 1. The molecule has 1 aliphatic rings. The standard InChI is InChI=1S/C14H23N3O3S/c1-3-5-10-7-12(10)16-14(18)13-8-11(21(15,19)20)9-17(13)6-4-2/h8-10,12H,3-7H2,1-2H3,(H,16,18)(H2,15,19,20). The minimum Gasteiger partial charge on any atom is -0.348 e. The van der Waals surface area contributed by atoms with Gasteiger partial charge in [-0.2, -0.15) is 0 Å². The Morgan fingerprint density at radius 1 is 1.43 bits per heavy atom. The third-order valence-electron chi connectivity index (χ3n) is 3.80. The molecule has 0 spiro atoms. The Morgan fingerprint density at radius 3 is 2.71 bits per heavy atom. The molecule has 1 heterocycles. The van der Waals surface area contributed by atoms with Gasteiger partial charge in [0, 0.05) is 18.8 Å². The number of carbonyl (C=O) groups is 1. The van der Waals surface area contributed by atoms with Gasteiger partial charge in [0.05, 0.1) is 0 Å². The van der Waals surface area contributed by atoms with Crippen LogP contribution in [0.3, 0.4) is 0 Å². The fourth-order valence-electron chi connectivity index (χ4n) is 2.61. The Kier molecular flexibility index (Phi) is 4.73. The molecule has 2 atom stereocenters. The van der Waals surface area contributed by atoms with Gasteiger partial charge in [-0.3, -0.25) is 4.79 Å². The summed E-state index contributed by atoms with van der Waals surface area (Å²) in [7, 11) is -3.79. The van der Waals surface area contributed by atoms with E-state index in [2.05, 4.69) is 12.2 Å². The van der Waals surface area contributed by atoms with Crippen LogP contribution in [0.25, 0.3) is 0 Å². The van der Waals surface area contributed by atoms with E-state index in [1.165, 1.54) is 12.3 Å². The summed E-state index contributed by atoms with van der Waals surface area (Å²) in [6.07, 6.45) is 5.48. The number of aryl methyl sites for hydroxylation is 1. The van der Waals surface area contributed by atoms with E-state index in [0.717, 1.165) is 25.7 Å². The number of primary sulfonamides is 1. The lowest BCUT2D eigenvalue weighted by Crippen LogP contribution is -2.28. The third-order valence-corrected chi connectivity index (χ3v) is 4.68. The SMILES string of the molecule is CCCC1CC1NC(=O)c1cc(S(N)(=O)=O)cn1CCC. The highest BCUT2D eigenvalue weighted by atomic mass is 32.2. The Hall–Kier alpha value is -1.34. The number of nitrogens with one attached hydrogen (secondary N) is 1. The molecule has 1 fully saturated rings. The van der Waals surface area contributed by atoms with Crippen molar-refractivity contribution in [2.75, 3.05) is 0 Å². The summed E-state index contributed by atoms with van der Waals surface area (Å²) in [5, 5.41) is 8.11. The summed E-state index contributed by atoms with van der Waals surface area (Å²) in [5.74, 6) is 0.341. The average Bonchev–Trinajstić information content (AvgIpc) is 2.95. The highest BCUT2D eigenvalue weighted by Gasteiger charge is 2.37. The van der Waals surface area contributed by atoms with Gasteiger partial charge in [0.15, 0.2) is 0 Å². The zero-order chi connectivity index (χ0) is 15.6. The van der Waals surface area contributed by atoms with Crippen LogP contribution in [0.5, 0.6) is 0 Å². The van der Waals surface area contributed by atoms with Crippen LogP contribution in [0.15, 0.2) is 17.2 Å². The maximum atomic E-state index is 12.3. The molecule has 7 heteroatoms. The molecule has 3 N–H and O–H groups in total. The van der Waals surface area contributed by atoms with E-state index >= 15 is 0 Å². The van der Waals surface area contributed by atoms with Crippen LogP contribution in [-0.4, -0.2) is 24.9 Å². The molecular weight excluding hydrogens is 290 g/mol. The van der Waals surface area contributed by atoms with Gasteiger partial charge in [0.2, 0.25) is 10.0 Å². The topological polar surface area (TPSA) is 94.2 Å². The third kappa shape index (κ3) is 3.85. The lowest BCUT2D eigenvalue weighted by atomic mass is 10.2. The van der Waals surface area contributed by atoms with Crippen LogP contribution < -0.4 is 10.5 Å². The molecule has 118 valence electrons. The maximum absolute atomic E-state index is 12.3. The van der Waals surface area contributed by atoms with Crippen LogP contribution >= 0.6 is 0 Å². The molecule has 1 aromatic rings. The predicted octanol–water partition coefficient (Wildman–Crippen LogP) is 1.46. The highest BCUT2D eigenvalue weighted by Crippen LogP contribution is 2.34. The van der Waals surface area contributed by atoms with Crippen molar-refractivity contribution in [3.63, 3.8) is 0 Å². The van der Waals surface area contributed by atoms with Crippen molar-refractivity contribution in [3.8, 4) is 0 Å². The van der Waals surface area contributed by atoms with E-state index in [1.54, 1.807) is 4.57 Å². The Morgan fingerprint density at radius 2 is 2.14 bits per heavy atom. The van der Waals surface area contributed by atoms with E-state index in [-0.39, 0.29) is 16.8 Å². The first-order valence-corrected chi connectivity index (χ1v) is 8.95. The van der Waals surface area contributed by atoms with Gasteiger partial charge in [0.25, 0.3) is 5.91 Å². The molecule has 1 amide bonds. The molecule has 6 nitrogen and oxygen atoms in total. The number of hydrogen-bond donors (Lipinski definition) is 2. The molecule has 0 aromatic carbocycles. The minimum absolute atomic E-state index is 0.0120. The largest absolute Gasteiger partial charge is 0.348 e. The van der Waals surface area contributed by atoms with Gasteiger partial charge >= 0.3 is 0 Å². The van der Waals surface area contributed by atoms with Crippen molar-refractivity contribution < 1.29 is 13.2 Å². The van der Waals surface area contributed by atoms with Gasteiger partial charge < -0.3 is 9.88 Å². The first-order chi connectivity index (χ1) is 9.86. The summed E-state index contributed by atoms with van der Waals surface area (Å²) in [6.45, 7) is 4.68. The Bertz CT molecular complexity index is 621. The summed E-state index contributed by atoms with van der Waals surface area (Å²) in [4.78, 5) is 12.3. The van der Waals surface area contributed by atoms with E-state index in [0.29, 0.717) is 18.2 Å². The number of nitrogens with two attached hydrogens (primary N) is 1. The second-order valence-corrected chi connectivity index (χ2v) is 7.23. The summed E-state index contributed by atoms with van der Waals surface area (Å²) < 4.78 is 24.5. The van der Waals surface area contributed by atoms with Gasteiger partial charge in [-0.1, -0.05) is 20.3 Å². The summed E-state index contributed by atoms with van der Waals surface area (Å²) in [5.41, 5.74) is 0.364. The van der Waals surface area contributed by atoms with Crippen LogP contribution in [-0.2, 0) is 16.6 Å². The lowest BCUT2D eigenvalue weighted by Gasteiger charge is -2.08. The Balaban J connectivity index is 2.14. The first-order valence-electron chi connectivity index (χ1n) is 7.40. The second kappa shape index (κ2) is 6.19. The van der Waals surface area contributed by atoms with Gasteiger partial charge in [-0.15, -0.1) is 0 Å². The molecule has 2 unspecified atom stereocenters. The molecule has 1 aromatic heterocycles. The van der Waals surface area contributed by atoms with E-state index in [9.17, 15) is 13.2 Å². The van der Waals surface area contributed by atoms with E-state index in [1.807, 2.05) is 6.92 Å². The zero-order valence-electron chi connectivity index (χ0n) is 12.5. The number of sulfonamides is 1. The number of amides is 1. The lowest BCUT2D eigenvalue weighted by molar-refractivity contribution is 0.0939. The molecule has 21 heavy (non-hydrogen) atoms. The summed E-state index contributed by atoms with van der Waals surface area (Å²) in [6, 6.07) is 1.58. The summed E-state index contributed by atoms with van der Waals surface area (Å²) >= 11 is 0. The first kappa shape index (κ1) is 16.0. The minimum atomic E-state index is -3.79. The van der Waals surface area contributed by atoms with Crippen LogP contribution in [0, 0.1) is 5.92 Å². The Labute approximate surface area is 125 Å². The molecule has 1 saturated carbocycles. The van der Waals surface area contributed by atoms with Gasteiger partial charge in [-0.25, -0.2) is 13.6 Å². The van der Waals surface area contributed by atoms with Crippen LogP contribution in [0.1, 0.15) is 50.0 Å².